The summed E-state index contributed by atoms with van der Waals surface area (Å²) in [5.41, 5.74) is 1.32. The summed E-state index contributed by atoms with van der Waals surface area (Å²) in [6, 6.07) is 5.78. The van der Waals surface area contributed by atoms with Gasteiger partial charge in [-0.05, 0) is 45.7 Å². The van der Waals surface area contributed by atoms with Crippen molar-refractivity contribution in [2.75, 3.05) is 13.1 Å². The van der Waals surface area contributed by atoms with Gasteiger partial charge in [0.15, 0.2) is 0 Å². The predicted octanol–water partition coefficient (Wildman–Crippen LogP) is 3.21. The molecule has 0 aliphatic carbocycles. The highest BCUT2D eigenvalue weighted by Gasteiger charge is 2.28. The van der Waals surface area contributed by atoms with Gasteiger partial charge in [-0.3, -0.25) is 9.78 Å². The molecule has 1 aliphatic rings. The zero-order chi connectivity index (χ0) is 17.7. The number of aryl methyl sites for hydroxylation is 1. The van der Waals surface area contributed by atoms with Gasteiger partial charge in [-0.2, -0.15) is 0 Å². The smallest absolute Gasteiger partial charge is 0.410 e. The minimum Gasteiger partial charge on any atom is -0.481 e. The topological polar surface area (TPSA) is 79.7 Å². The Labute approximate surface area is 142 Å². The lowest BCUT2D eigenvalue weighted by Gasteiger charge is -2.33. The molecule has 2 heterocycles. The molecule has 1 fully saturated rings. The molecule has 0 unspecified atom stereocenters. The molecular weight excluding hydrogens is 308 g/mol. The number of pyridine rings is 1. The summed E-state index contributed by atoms with van der Waals surface area (Å²) in [7, 11) is 0. The van der Waals surface area contributed by atoms with Crippen LogP contribution < -0.4 is 0 Å². The van der Waals surface area contributed by atoms with Crippen LogP contribution in [0.25, 0.3) is 0 Å². The number of carbonyl (C=O) groups excluding carboxylic acids is 1. The maximum absolute atomic E-state index is 12.1. The average Bonchev–Trinajstić information content (AvgIpc) is 2.52. The molecule has 2 rings (SSSR count). The standard InChI is InChI=1S/C18H26N2O4/c1-18(2,3)24-17(23)20-11-9-13(10-12-20)15-6-4-5-14(19-15)7-8-16(21)22/h4-6,13H,7-12H2,1-3H3,(H,21,22). The number of rotatable bonds is 4. The molecule has 6 nitrogen and oxygen atoms in total. The Morgan fingerprint density at radius 1 is 1.29 bits per heavy atom. The normalized spacial score (nSPS) is 16.0. The first-order chi connectivity index (χ1) is 11.2. The summed E-state index contributed by atoms with van der Waals surface area (Å²) in [4.78, 5) is 29.1. The van der Waals surface area contributed by atoms with Crippen molar-refractivity contribution in [1.82, 2.24) is 9.88 Å². The Bertz CT molecular complexity index is 587. The number of ether oxygens (including phenoxy) is 1. The van der Waals surface area contributed by atoms with Crippen LogP contribution in [0.5, 0.6) is 0 Å². The summed E-state index contributed by atoms with van der Waals surface area (Å²) in [5, 5.41) is 8.78. The summed E-state index contributed by atoms with van der Waals surface area (Å²) in [5.74, 6) is -0.513. The van der Waals surface area contributed by atoms with Gasteiger partial charge < -0.3 is 14.7 Å². The van der Waals surface area contributed by atoms with Crippen LogP contribution in [-0.4, -0.2) is 45.7 Å². The van der Waals surface area contributed by atoms with Crippen molar-refractivity contribution in [2.45, 2.75) is 58.0 Å². The molecule has 1 aromatic rings. The van der Waals surface area contributed by atoms with E-state index in [4.69, 9.17) is 9.84 Å². The third kappa shape index (κ3) is 5.51. The maximum Gasteiger partial charge on any atom is 0.410 e. The highest BCUT2D eigenvalue weighted by molar-refractivity contribution is 5.68. The Balaban J connectivity index is 1.91. The highest BCUT2D eigenvalue weighted by atomic mass is 16.6. The molecule has 0 bridgehead atoms. The van der Waals surface area contributed by atoms with Crippen LogP contribution in [0.15, 0.2) is 18.2 Å². The van der Waals surface area contributed by atoms with Crippen molar-refractivity contribution in [1.29, 1.82) is 0 Å². The van der Waals surface area contributed by atoms with Crippen LogP contribution >= 0.6 is 0 Å². The zero-order valence-corrected chi connectivity index (χ0v) is 14.6. The summed E-state index contributed by atoms with van der Waals surface area (Å²) in [6.07, 6.45) is 1.96. The number of amides is 1. The number of likely N-dealkylation sites (tertiary alicyclic amines) is 1. The Morgan fingerprint density at radius 2 is 1.96 bits per heavy atom. The second kappa shape index (κ2) is 7.64. The minimum atomic E-state index is -0.812. The molecule has 6 heteroatoms. The number of nitrogens with zero attached hydrogens (tertiary/aromatic N) is 2. The minimum absolute atomic E-state index is 0.0908. The zero-order valence-electron chi connectivity index (χ0n) is 14.6. The lowest BCUT2D eigenvalue weighted by atomic mass is 9.93. The summed E-state index contributed by atoms with van der Waals surface area (Å²) < 4.78 is 5.41. The van der Waals surface area contributed by atoms with E-state index >= 15 is 0 Å². The lowest BCUT2D eigenvalue weighted by Crippen LogP contribution is -2.41. The molecule has 1 aliphatic heterocycles. The lowest BCUT2D eigenvalue weighted by molar-refractivity contribution is -0.136. The average molecular weight is 334 g/mol. The van der Waals surface area contributed by atoms with Crippen molar-refractivity contribution >= 4 is 12.1 Å². The van der Waals surface area contributed by atoms with Gasteiger partial charge in [0.1, 0.15) is 5.60 Å². The van der Waals surface area contributed by atoms with Crippen LogP contribution in [0, 0.1) is 0 Å². The van der Waals surface area contributed by atoms with Gasteiger partial charge in [0, 0.05) is 36.8 Å². The second-order valence-electron chi connectivity index (χ2n) is 7.19. The quantitative estimate of drug-likeness (QED) is 0.914. The number of aromatic nitrogens is 1. The number of hydrogen-bond donors (Lipinski definition) is 1. The Kier molecular flexibility index (Phi) is 5.80. The van der Waals surface area contributed by atoms with Gasteiger partial charge in [0.25, 0.3) is 0 Å². The van der Waals surface area contributed by atoms with E-state index in [1.165, 1.54) is 0 Å². The van der Waals surface area contributed by atoms with Gasteiger partial charge in [-0.1, -0.05) is 6.07 Å². The number of aliphatic carboxylic acids is 1. The van der Waals surface area contributed by atoms with Crippen LogP contribution in [0.3, 0.4) is 0 Å². The molecule has 24 heavy (non-hydrogen) atoms. The predicted molar refractivity (Wildman–Crippen MR) is 90.0 cm³/mol. The first kappa shape index (κ1) is 18.2. The molecule has 1 aromatic heterocycles. The third-order valence-electron chi connectivity index (χ3n) is 3.99. The van der Waals surface area contributed by atoms with Crippen LogP contribution in [0.2, 0.25) is 0 Å². The Hall–Kier alpha value is -2.11. The first-order valence-electron chi connectivity index (χ1n) is 8.40. The van der Waals surface area contributed by atoms with Crippen LogP contribution in [-0.2, 0) is 16.0 Å². The fraction of sp³-hybridized carbons (Fsp3) is 0.611. The van der Waals surface area contributed by atoms with E-state index in [1.54, 1.807) is 4.90 Å². The van der Waals surface area contributed by atoms with Crippen molar-refractivity contribution in [2.24, 2.45) is 0 Å². The van der Waals surface area contributed by atoms with Gasteiger partial charge in [-0.15, -0.1) is 0 Å². The Morgan fingerprint density at radius 3 is 2.54 bits per heavy atom. The third-order valence-corrected chi connectivity index (χ3v) is 3.99. The molecular formula is C18H26N2O4. The van der Waals surface area contributed by atoms with E-state index in [2.05, 4.69) is 4.98 Å². The van der Waals surface area contributed by atoms with Crippen LogP contribution in [0.4, 0.5) is 4.79 Å². The summed E-state index contributed by atoms with van der Waals surface area (Å²) >= 11 is 0. The SMILES string of the molecule is CC(C)(C)OC(=O)N1CCC(c2cccc(CCC(=O)O)n2)CC1. The van der Waals surface area contributed by atoms with Crippen molar-refractivity contribution in [3.05, 3.63) is 29.6 Å². The first-order valence-corrected chi connectivity index (χ1v) is 8.40. The summed E-state index contributed by atoms with van der Waals surface area (Å²) in [6.45, 7) is 6.90. The van der Waals surface area contributed by atoms with Crippen molar-refractivity contribution in [3.63, 3.8) is 0 Å². The van der Waals surface area contributed by atoms with Crippen molar-refractivity contribution < 1.29 is 19.4 Å². The molecule has 0 aromatic carbocycles. The number of hydrogen-bond acceptors (Lipinski definition) is 4. The molecule has 1 amide bonds. The van der Waals surface area contributed by atoms with E-state index in [0.717, 1.165) is 24.2 Å². The molecule has 0 atom stereocenters. The second-order valence-corrected chi connectivity index (χ2v) is 7.19. The van der Waals surface area contributed by atoms with E-state index in [1.807, 2.05) is 39.0 Å². The van der Waals surface area contributed by atoms with E-state index < -0.39 is 11.6 Å². The van der Waals surface area contributed by atoms with Crippen molar-refractivity contribution in [3.8, 4) is 0 Å². The molecule has 0 spiro atoms. The monoisotopic (exact) mass is 334 g/mol. The van der Waals surface area contributed by atoms with E-state index in [-0.39, 0.29) is 12.5 Å². The molecule has 1 saturated heterocycles. The van der Waals surface area contributed by atoms with Crippen LogP contribution in [0.1, 0.15) is 57.3 Å². The largest absolute Gasteiger partial charge is 0.481 e. The van der Waals surface area contributed by atoms with Gasteiger partial charge >= 0.3 is 12.1 Å². The number of carbonyl (C=O) groups is 2. The highest BCUT2D eigenvalue weighted by Crippen LogP contribution is 2.27. The number of carboxylic acids is 1. The molecule has 1 N–H and O–H groups in total. The van der Waals surface area contributed by atoms with Gasteiger partial charge in [0.2, 0.25) is 0 Å². The molecule has 0 radical (unpaired) electrons. The number of carboxylic acid groups (broad SMARTS) is 1. The fourth-order valence-electron chi connectivity index (χ4n) is 2.78. The number of piperidine rings is 1. The van der Waals surface area contributed by atoms with Gasteiger partial charge in [0.05, 0.1) is 6.42 Å². The fourth-order valence-corrected chi connectivity index (χ4v) is 2.78. The molecule has 0 saturated carbocycles. The van der Waals surface area contributed by atoms with E-state index in [0.29, 0.717) is 25.4 Å². The van der Waals surface area contributed by atoms with E-state index in [9.17, 15) is 9.59 Å². The molecule has 132 valence electrons. The van der Waals surface area contributed by atoms with Gasteiger partial charge in [-0.25, -0.2) is 4.79 Å². The maximum atomic E-state index is 12.1.